The normalized spacial score (nSPS) is 24.8. The second-order valence-electron chi connectivity index (χ2n) is 8.05. The van der Waals surface area contributed by atoms with Crippen molar-refractivity contribution in [2.24, 2.45) is 0 Å². The van der Waals surface area contributed by atoms with Crippen LogP contribution in [-0.2, 0) is 6.54 Å². The number of hydrogen-bond acceptors (Lipinski definition) is 6. The zero-order valence-electron chi connectivity index (χ0n) is 16.4. The molecule has 0 aromatic carbocycles. The lowest BCUT2D eigenvalue weighted by Gasteiger charge is -2.37. The van der Waals surface area contributed by atoms with Gasteiger partial charge in [-0.1, -0.05) is 18.0 Å². The van der Waals surface area contributed by atoms with Crippen LogP contribution in [0.25, 0.3) is 11.4 Å². The fraction of sp³-hybridized carbons (Fsp3) is 0.667. The van der Waals surface area contributed by atoms with E-state index in [0.717, 1.165) is 18.4 Å². The number of piperidine rings is 1. The van der Waals surface area contributed by atoms with Crippen LogP contribution in [0.1, 0.15) is 71.1 Å². The molecule has 1 aliphatic carbocycles. The van der Waals surface area contributed by atoms with E-state index in [9.17, 15) is 0 Å². The molecule has 0 spiro atoms. The van der Waals surface area contributed by atoms with E-state index in [4.69, 9.17) is 9.26 Å². The van der Waals surface area contributed by atoms with Gasteiger partial charge < -0.3 is 9.26 Å². The molecule has 2 atom stereocenters. The van der Waals surface area contributed by atoms with E-state index in [1.54, 1.807) is 6.20 Å². The highest BCUT2D eigenvalue weighted by Crippen LogP contribution is 2.30. The van der Waals surface area contributed by atoms with Crippen molar-refractivity contribution in [3.05, 3.63) is 24.2 Å². The molecule has 2 aliphatic rings. The zero-order chi connectivity index (χ0) is 18.6. The molecule has 27 heavy (non-hydrogen) atoms. The van der Waals surface area contributed by atoms with Crippen LogP contribution in [0, 0.1) is 0 Å². The first-order valence-electron chi connectivity index (χ1n) is 10.4. The van der Waals surface area contributed by atoms with E-state index in [-0.39, 0.29) is 6.10 Å². The second-order valence-corrected chi connectivity index (χ2v) is 8.05. The summed E-state index contributed by atoms with van der Waals surface area (Å²) in [5.74, 6) is 1.86. The molecule has 2 fully saturated rings. The van der Waals surface area contributed by atoms with Gasteiger partial charge in [0, 0.05) is 18.3 Å². The molecule has 2 aromatic heterocycles. The van der Waals surface area contributed by atoms with Gasteiger partial charge in [-0.15, -0.1) is 0 Å². The summed E-state index contributed by atoms with van der Waals surface area (Å²) in [5, 5.41) is 4.22. The summed E-state index contributed by atoms with van der Waals surface area (Å²) in [5.41, 5.74) is 0.817. The van der Waals surface area contributed by atoms with E-state index in [1.807, 2.05) is 12.1 Å². The van der Waals surface area contributed by atoms with Gasteiger partial charge in [-0.05, 0) is 64.5 Å². The van der Waals surface area contributed by atoms with Crippen molar-refractivity contribution in [2.75, 3.05) is 0 Å². The van der Waals surface area contributed by atoms with Crippen molar-refractivity contribution in [3.8, 4) is 17.3 Å². The fourth-order valence-corrected chi connectivity index (χ4v) is 4.37. The van der Waals surface area contributed by atoms with Gasteiger partial charge in [-0.25, -0.2) is 4.98 Å². The van der Waals surface area contributed by atoms with Crippen molar-refractivity contribution in [3.63, 3.8) is 0 Å². The topological polar surface area (TPSA) is 64.3 Å². The summed E-state index contributed by atoms with van der Waals surface area (Å²) < 4.78 is 11.8. The maximum absolute atomic E-state index is 6.19. The Morgan fingerprint density at radius 1 is 1.07 bits per heavy atom. The van der Waals surface area contributed by atoms with Crippen LogP contribution in [-0.4, -0.2) is 38.2 Å². The predicted molar refractivity (Wildman–Crippen MR) is 103 cm³/mol. The van der Waals surface area contributed by atoms with Gasteiger partial charge in [0.15, 0.2) is 0 Å². The zero-order valence-corrected chi connectivity index (χ0v) is 16.4. The van der Waals surface area contributed by atoms with Crippen molar-refractivity contribution in [2.45, 2.75) is 89.9 Å². The highest BCUT2D eigenvalue weighted by molar-refractivity contribution is 5.60. The molecule has 4 rings (SSSR count). The van der Waals surface area contributed by atoms with Crippen LogP contribution in [0.5, 0.6) is 5.88 Å². The van der Waals surface area contributed by atoms with Crippen molar-refractivity contribution >= 4 is 0 Å². The van der Waals surface area contributed by atoms with Crippen LogP contribution >= 0.6 is 0 Å². The third kappa shape index (κ3) is 4.32. The van der Waals surface area contributed by atoms with Gasteiger partial charge >= 0.3 is 0 Å². The smallest absolute Gasteiger partial charge is 0.241 e. The molecule has 0 unspecified atom stereocenters. The largest absolute Gasteiger partial charge is 0.474 e. The molecular formula is C21H30N4O2. The lowest BCUT2D eigenvalue weighted by Crippen LogP contribution is -2.43. The molecule has 1 aliphatic heterocycles. The highest BCUT2D eigenvalue weighted by atomic mass is 16.5. The Kier molecular flexibility index (Phi) is 5.72. The van der Waals surface area contributed by atoms with E-state index in [2.05, 4.69) is 33.9 Å². The summed E-state index contributed by atoms with van der Waals surface area (Å²) in [6, 6.07) is 4.96. The maximum Gasteiger partial charge on any atom is 0.241 e. The van der Waals surface area contributed by atoms with Gasteiger partial charge in [-0.3, -0.25) is 4.90 Å². The Morgan fingerprint density at radius 2 is 1.85 bits per heavy atom. The molecule has 0 bridgehead atoms. The number of nitrogens with zero attached hydrogens (tertiary/aromatic N) is 4. The lowest BCUT2D eigenvalue weighted by atomic mass is 9.98. The third-order valence-electron chi connectivity index (χ3n) is 6.00. The molecule has 0 amide bonds. The minimum absolute atomic E-state index is 0.244. The first-order valence-corrected chi connectivity index (χ1v) is 10.4. The average molecular weight is 370 g/mol. The Labute approximate surface area is 161 Å². The van der Waals surface area contributed by atoms with Gasteiger partial charge in [0.2, 0.25) is 17.6 Å². The average Bonchev–Trinajstić information content (AvgIpc) is 3.15. The number of likely N-dealkylation sites (tertiary alicyclic amines) is 1. The minimum atomic E-state index is 0.244. The second kappa shape index (κ2) is 8.38. The molecule has 6 heteroatoms. The number of aromatic nitrogens is 3. The molecule has 1 saturated heterocycles. The van der Waals surface area contributed by atoms with E-state index in [1.165, 1.54) is 38.5 Å². The molecular weight excluding hydrogens is 340 g/mol. The van der Waals surface area contributed by atoms with Gasteiger partial charge in [0.1, 0.15) is 6.10 Å². The molecule has 6 nitrogen and oxygen atoms in total. The third-order valence-corrected chi connectivity index (χ3v) is 6.00. The SMILES string of the molecule is C[C@@H]1CCC[C@@H](C)N1Cc1nc(-c2cccnc2OC2CCCCC2)no1. The van der Waals surface area contributed by atoms with Crippen LogP contribution in [0.3, 0.4) is 0 Å². The van der Waals surface area contributed by atoms with Gasteiger partial charge in [0.05, 0.1) is 12.1 Å². The standard InChI is InChI=1S/C21H30N4O2/c1-15-8-6-9-16(2)25(15)14-19-23-20(24-27-19)18-12-7-13-22-21(18)26-17-10-4-3-5-11-17/h7,12-13,15-17H,3-6,8-11,14H2,1-2H3/t15-,16-/m1/s1. The number of hydrogen-bond donors (Lipinski definition) is 0. The Bertz CT molecular complexity index is 731. The molecule has 1 saturated carbocycles. The van der Waals surface area contributed by atoms with E-state index in [0.29, 0.717) is 36.2 Å². The van der Waals surface area contributed by atoms with Gasteiger partial charge in [-0.2, -0.15) is 4.98 Å². The Hall–Kier alpha value is -1.95. The summed E-state index contributed by atoms with van der Waals surface area (Å²) in [6.45, 7) is 5.27. The maximum atomic E-state index is 6.19. The van der Waals surface area contributed by atoms with Crippen molar-refractivity contribution in [1.29, 1.82) is 0 Å². The summed E-state index contributed by atoms with van der Waals surface area (Å²) >= 11 is 0. The molecule has 2 aromatic rings. The fourth-order valence-electron chi connectivity index (χ4n) is 4.37. The first-order chi connectivity index (χ1) is 13.2. The number of rotatable bonds is 5. The van der Waals surface area contributed by atoms with Crippen molar-refractivity contribution in [1.82, 2.24) is 20.0 Å². The Morgan fingerprint density at radius 3 is 2.63 bits per heavy atom. The highest BCUT2D eigenvalue weighted by Gasteiger charge is 2.27. The van der Waals surface area contributed by atoms with Crippen molar-refractivity contribution < 1.29 is 9.26 Å². The summed E-state index contributed by atoms with van der Waals surface area (Å²) in [6.07, 6.45) is 11.7. The quantitative estimate of drug-likeness (QED) is 0.766. The van der Waals surface area contributed by atoms with E-state index < -0.39 is 0 Å². The minimum Gasteiger partial charge on any atom is -0.474 e. The lowest BCUT2D eigenvalue weighted by molar-refractivity contribution is 0.0825. The monoisotopic (exact) mass is 370 g/mol. The van der Waals surface area contributed by atoms with Crippen LogP contribution in [0.15, 0.2) is 22.9 Å². The molecule has 146 valence electrons. The predicted octanol–water partition coefficient (Wildman–Crippen LogP) is 4.61. The summed E-state index contributed by atoms with van der Waals surface area (Å²) in [4.78, 5) is 11.6. The molecule has 3 heterocycles. The number of ether oxygens (including phenoxy) is 1. The van der Waals surface area contributed by atoms with Crippen LogP contribution < -0.4 is 4.74 Å². The van der Waals surface area contributed by atoms with Crippen LogP contribution in [0.4, 0.5) is 0 Å². The number of pyridine rings is 1. The molecule has 0 radical (unpaired) electrons. The van der Waals surface area contributed by atoms with E-state index >= 15 is 0 Å². The molecule has 0 N–H and O–H groups in total. The Balaban J connectivity index is 1.49. The first kappa shape index (κ1) is 18.4. The van der Waals surface area contributed by atoms with Crippen LogP contribution in [0.2, 0.25) is 0 Å². The summed E-state index contributed by atoms with van der Waals surface area (Å²) in [7, 11) is 0. The van der Waals surface area contributed by atoms with Gasteiger partial charge in [0.25, 0.3) is 0 Å².